The summed E-state index contributed by atoms with van der Waals surface area (Å²) >= 11 is 0. The second-order valence-electron chi connectivity index (χ2n) is 4.26. The van der Waals surface area contributed by atoms with Crippen molar-refractivity contribution < 1.29 is 8.23 Å². The minimum Gasteiger partial charge on any atom is -0.447 e. The Labute approximate surface area is 111 Å². The van der Waals surface area contributed by atoms with E-state index in [1.165, 1.54) is 5.19 Å². The molecular formula is C12H24O2Si3. The molecule has 1 unspecified atom stereocenters. The van der Waals surface area contributed by atoms with Gasteiger partial charge in [0, 0.05) is 0 Å². The van der Waals surface area contributed by atoms with Gasteiger partial charge < -0.3 is 8.23 Å². The predicted octanol–water partition coefficient (Wildman–Crippen LogP) is 1.43. The SMILES string of the molecule is CC[SiH](O[SiH3])O[Si](CC)(CC)c1ccccc1. The molecule has 0 N–H and O–H groups in total. The topological polar surface area (TPSA) is 18.5 Å². The first-order chi connectivity index (χ1) is 8.22. The van der Waals surface area contributed by atoms with Crippen LogP contribution in [-0.2, 0) is 8.23 Å². The molecule has 5 heteroatoms. The van der Waals surface area contributed by atoms with Crippen molar-refractivity contribution >= 4 is 33.3 Å². The molecule has 17 heavy (non-hydrogen) atoms. The van der Waals surface area contributed by atoms with Gasteiger partial charge in [0.15, 0.2) is 0 Å². The van der Waals surface area contributed by atoms with E-state index >= 15 is 0 Å². The Balaban J connectivity index is 2.96. The zero-order valence-corrected chi connectivity index (χ0v) is 15.6. The smallest absolute Gasteiger partial charge is 0.300 e. The molecule has 0 amide bonds. The van der Waals surface area contributed by atoms with E-state index in [1.807, 2.05) is 0 Å². The molecule has 0 fully saturated rings. The fourth-order valence-corrected chi connectivity index (χ4v) is 11.4. The third-order valence-corrected chi connectivity index (χ3v) is 12.7. The van der Waals surface area contributed by atoms with Crippen LogP contribution in [0.2, 0.25) is 18.1 Å². The van der Waals surface area contributed by atoms with Gasteiger partial charge in [-0.3, -0.25) is 0 Å². The summed E-state index contributed by atoms with van der Waals surface area (Å²) in [5, 5.41) is 1.43. The average Bonchev–Trinajstić information content (AvgIpc) is 2.42. The molecule has 96 valence electrons. The fourth-order valence-electron chi connectivity index (χ4n) is 2.18. The zero-order chi connectivity index (χ0) is 12.7. The van der Waals surface area contributed by atoms with E-state index in [4.69, 9.17) is 8.23 Å². The summed E-state index contributed by atoms with van der Waals surface area (Å²) in [6.07, 6.45) is 0. The zero-order valence-electron chi connectivity index (χ0n) is 11.4. The summed E-state index contributed by atoms with van der Waals surface area (Å²) in [5.74, 6) is 0. The van der Waals surface area contributed by atoms with Crippen molar-refractivity contribution in [3.8, 4) is 0 Å². The molecule has 0 saturated carbocycles. The van der Waals surface area contributed by atoms with Gasteiger partial charge in [-0.15, -0.1) is 0 Å². The minimum atomic E-state index is -1.77. The Morgan fingerprint density at radius 3 is 2.12 bits per heavy atom. The Bertz CT molecular complexity index is 311. The van der Waals surface area contributed by atoms with Crippen LogP contribution in [0.15, 0.2) is 30.3 Å². The molecule has 1 aromatic carbocycles. The van der Waals surface area contributed by atoms with E-state index < -0.39 is 17.6 Å². The van der Waals surface area contributed by atoms with Crippen molar-refractivity contribution in [2.75, 3.05) is 0 Å². The highest BCUT2D eigenvalue weighted by Gasteiger charge is 2.35. The summed E-state index contributed by atoms with van der Waals surface area (Å²) in [6.45, 7) is 6.71. The minimum absolute atomic E-state index is 0.802. The maximum atomic E-state index is 6.51. The molecule has 0 saturated heterocycles. The van der Waals surface area contributed by atoms with Crippen LogP contribution in [-0.4, -0.2) is 28.1 Å². The lowest BCUT2D eigenvalue weighted by Crippen LogP contribution is -2.53. The van der Waals surface area contributed by atoms with Gasteiger partial charge in [-0.25, -0.2) is 0 Å². The number of rotatable bonds is 7. The molecule has 0 spiro atoms. The van der Waals surface area contributed by atoms with Crippen LogP contribution in [0.3, 0.4) is 0 Å². The maximum Gasteiger partial charge on any atom is 0.300 e. The highest BCUT2D eigenvalue weighted by Crippen LogP contribution is 2.19. The Morgan fingerprint density at radius 2 is 1.71 bits per heavy atom. The standard InChI is InChI=1S/C12H24O2Si3/c1-4-16(13-15)14-17(5-2,6-3)12-10-8-7-9-11-12/h7-11,16H,4-6H2,1-3,15H3. The number of hydrogen-bond donors (Lipinski definition) is 0. The van der Waals surface area contributed by atoms with Crippen molar-refractivity contribution in [3.63, 3.8) is 0 Å². The lowest BCUT2D eigenvalue weighted by Gasteiger charge is -2.33. The van der Waals surface area contributed by atoms with Gasteiger partial charge in [0.2, 0.25) is 8.32 Å². The van der Waals surface area contributed by atoms with E-state index in [-0.39, 0.29) is 0 Å². The van der Waals surface area contributed by atoms with E-state index in [0.29, 0.717) is 0 Å². The van der Waals surface area contributed by atoms with Gasteiger partial charge in [-0.05, 0) is 23.3 Å². The first-order valence-corrected chi connectivity index (χ1v) is 11.4. The predicted molar refractivity (Wildman–Crippen MR) is 82.5 cm³/mol. The van der Waals surface area contributed by atoms with E-state index in [1.54, 1.807) is 0 Å². The third-order valence-electron chi connectivity index (χ3n) is 3.40. The number of hydrogen-bond acceptors (Lipinski definition) is 2. The Morgan fingerprint density at radius 1 is 1.12 bits per heavy atom. The average molecular weight is 285 g/mol. The monoisotopic (exact) mass is 284 g/mol. The van der Waals surface area contributed by atoms with Gasteiger partial charge in [-0.2, -0.15) is 0 Å². The second kappa shape index (κ2) is 7.28. The highest BCUT2D eigenvalue weighted by molar-refractivity contribution is 6.90. The molecule has 0 aliphatic rings. The first kappa shape index (κ1) is 14.9. The normalized spacial score (nSPS) is 13.8. The van der Waals surface area contributed by atoms with Crippen LogP contribution in [0.25, 0.3) is 0 Å². The summed E-state index contributed by atoms with van der Waals surface area (Å²) in [7, 11) is -2.36. The van der Waals surface area contributed by atoms with Crippen LogP contribution in [0.1, 0.15) is 20.8 Å². The van der Waals surface area contributed by atoms with Crippen LogP contribution in [0.4, 0.5) is 0 Å². The van der Waals surface area contributed by atoms with Crippen LogP contribution in [0, 0.1) is 0 Å². The van der Waals surface area contributed by atoms with Gasteiger partial charge >= 0.3 is 0 Å². The highest BCUT2D eigenvalue weighted by atomic mass is 28.4. The Kier molecular flexibility index (Phi) is 6.36. The summed E-state index contributed by atoms with van der Waals surface area (Å²) in [4.78, 5) is 0. The third kappa shape index (κ3) is 3.62. The molecule has 1 aromatic rings. The van der Waals surface area contributed by atoms with Gasteiger partial charge in [-0.1, -0.05) is 51.1 Å². The second-order valence-corrected chi connectivity index (χ2v) is 12.7. The van der Waals surface area contributed by atoms with Gasteiger partial charge in [0.25, 0.3) is 9.28 Å². The van der Waals surface area contributed by atoms with Crippen LogP contribution < -0.4 is 5.19 Å². The largest absolute Gasteiger partial charge is 0.447 e. The van der Waals surface area contributed by atoms with Crippen molar-refractivity contribution in [1.82, 2.24) is 0 Å². The van der Waals surface area contributed by atoms with E-state index in [2.05, 4.69) is 51.1 Å². The number of benzene rings is 1. The quantitative estimate of drug-likeness (QED) is 0.705. The molecular weight excluding hydrogens is 260 g/mol. The van der Waals surface area contributed by atoms with E-state index in [0.717, 1.165) is 28.6 Å². The summed E-state index contributed by atoms with van der Waals surface area (Å²) in [6, 6.07) is 14.1. The molecule has 1 atom stereocenters. The van der Waals surface area contributed by atoms with Crippen LogP contribution >= 0.6 is 0 Å². The Hall–Kier alpha value is -0.209. The summed E-state index contributed by atoms with van der Waals surface area (Å²) in [5.41, 5.74) is 0. The maximum absolute atomic E-state index is 6.51. The van der Waals surface area contributed by atoms with Crippen molar-refractivity contribution in [3.05, 3.63) is 30.3 Å². The molecule has 0 bridgehead atoms. The molecule has 2 nitrogen and oxygen atoms in total. The molecule has 0 aliphatic carbocycles. The molecule has 0 aliphatic heterocycles. The molecule has 0 radical (unpaired) electrons. The van der Waals surface area contributed by atoms with Gasteiger partial charge in [0.1, 0.15) is 10.5 Å². The van der Waals surface area contributed by atoms with Crippen LogP contribution in [0.5, 0.6) is 0 Å². The van der Waals surface area contributed by atoms with E-state index in [9.17, 15) is 0 Å². The van der Waals surface area contributed by atoms with Crippen molar-refractivity contribution in [2.24, 2.45) is 0 Å². The molecule has 0 heterocycles. The van der Waals surface area contributed by atoms with Crippen molar-refractivity contribution in [1.29, 1.82) is 0 Å². The lowest BCUT2D eigenvalue weighted by molar-refractivity contribution is 0.439. The first-order valence-electron chi connectivity index (χ1n) is 6.48. The molecule has 1 rings (SSSR count). The lowest BCUT2D eigenvalue weighted by atomic mass is 10.4. The van der Waals surface area contributed by atoms with Gasteiger partial charge in [0.05, 0.1) is 0 Å². The summed E-state index contributed by atoms with van der Waals surface area (Å²) < 4.78 is 12.2. The van der Waals surface area contributed by atoms with Crippen molar-refractivity contribution in [2.45, 2.75) is 38.9 Å². The fraction of sp³-hybridized carbons (Fsp3) is 0.500. The molecule has 0 aromatic heterocycles.